The molecule has 0 aliphatic carbocycles. The summed E-state index contributed by atoms with van der Waals surface area (Å²) in [5.41, 5.74) is 0.862. The van der Waals surface area contributed by atoms with Crippen molar-refractivity contribution in [3.05, 3.63) is 27.9 Å². The third kappa shape index (κ3) is 3.67. The third-order valence-electron chi connectivity index (χ3n) is 2.53. The number of aryl methyl sites for hydroxylation is 1. The minimum Gasteiger partial charge on any atom is -0.359 e. The van der Waals surface area contributed by atoms with E-state index in [0.29, 0.717) is 0 Å². The highest BCUT2D eigenvalue weighted by Crippen LogP contribution is 2.20. The lowest BCUT2D eigenvalue weighted by atomic mass is 10.2. The number of rotatable bonds is 6. The summed E-state index contributed by atoms with van der Waals surface area (Å²) in [5.74, 6) is 0.798. The Bertz CT molecular complexity index is 395. The molecule has 0 fully saturated rings. The number of hydrogen-bond donors (Lipinski definition) is 1. The van der Waals surface area contributed by atoms with Crippen molar-refractivity contribution in [1.29, 1.82) is 0 Å². The highest BCUT2D eigenvalue weighted by Gasteiger charge is 2.11. The van der Waals surface area contributed by atoms with Crippen molar-refractivity contribution in [1.82, 2.24) is 10.3 Å². The number of hydrogen-bond acceptors (Lipinski definition) is 5. The highest BCUT2D eigenvalue weighted by atomic mass is 16.6. The molecule has 0 spiro atoms. The predicted octanol–water partition coefficient (Wildman–Crippen LogP) is 1.34. The van der Waals surface area contributed by atoms with Crippen molar-refractivity contribution in [3.8, 4) is 0 Å². The Kier molecular flexibility index (Phi) is 4.84. The van der Waals surface area contributed by atoms with Crippen LogP contribution in [0.15, 0.2) is 12.3 Å². The van der Waals surface area contributed by atoms with Crippen molar-refractivity contribution in [2.24, 2.45) is 0 Å². The third-order valence-corrected chi connectivity index (χ3v) is 2.53. The Morgan fingerprint density at radius 2 is 2.29 bits per heavy atom. The molecular formula is C11H18N4O2. The van der Waals surface area contributed by atoms with Crippen molar-refractivity contribution in [2.45, 2.75) is 13.3 Å². The van der Waals surface area contributed by atoms with Gasteiger partial charge >= 0.3 is 0 Å². The second kappa shape index (κ2) is 6.15. The zero-order valence-electron chi connectivity index (χ0n) is 10.4. The second-order valence-corrected chi connectivity index (χ2v) is 3.97. The van der Waals surface area contributed by atoms with Gasteiger partial charge in [-0.2, -0.15) is 0 Å². The summed E-state index contributed by atoms with van der Waals surface area (Å²) in [5, 5.41) is 13.7. The quantitative estimate of drug-likeness (QED) is 0.460. The van der Waals surface area contributed by atoms with Gasteiger partial charge in [0.05, 0.1) is 4.92 Å². The van der Waals surface area contributed by atoms with E-state index in [1.165, 1.54) is 6.20 Å². The number of aromatic nitrogens is 1. The van der Waals surface area contributed by atoms with Crippen LogP contribution in [0.4, 0.5) is 11.5 Å². The molecule has 0 amide bonds. The van der Waals surface area contributed by atoms with E-state index >= 15 is 0 Å². The smallest absolute Gasteiger partial charge is 0.287 e. The Morgan fingerprint density at radius 3 is 2.82 bits per heavy atom. The van der Waals surface area contributed by atoms with Crippen LogP contribution in [0, 0.1) is 17.0 Å². The zero-order chi connectivity index (χ0) is 12.8. The van der Waals surface area contributed by atoms with Crippen molar-refractivity contribution >= 4 is 11.5 Å². The fourth-order valence-corrected chi connectivity index (χ4v) is 1.65. The summed E-state index contributed by atoms with van der Waals surface area (Å²) in [4.78, 5) is 16.3. The average Bonchev–Trinajstić information content (AvgIpc) is 2.28. The number of nitrogens with one attached hydrogen (secondary N) is 1. The molecule has 1 aromatic heterocycles. The molecule has 0 unspecified atom stereocenters. The molecule has 0 aliphatic heterocycles. The molecule has 1 aromatic rings. The van der Waals surface area contributed by atoms with Crippen LogP contribution in [0.1, 0.15) is 12.0 Å². The predicted molar refractivity (Wildman–Crippen MR) is 67.4 cm³/mol. The number of nitrogens with zero attached hydrogens (tertiary/aromatic N) is 3. The van der Waals surface area contributed by atoms with E-state index in [4.69, 9.17) is 0 Å². The van der Waals surface area contributed by atoms with Gasteiger partial charge in [0.15, 0.2) is 0 Å². The lowest BCUT2D eigenvalue weighted by Crippen LogP contribution is -2.23. The molecule has 17 heavy (non-hydrogen) atoms. The molecule has 1 N–H and O–H groups in total. The maximum Gasteiger partial charge on any atom is 0.287 e. The van der Waals surface area contributed by atoms with Crippen LogP contribution in [-0.4, -0.2) is 37.1 Å². The maximum atomic E-state index is 10.6. The number of nitro groups is 1. The van der Waals surface area contributed by atoms with E-state index in [1.807, 2.05) is 25.9 Å². The molecule has 0 atom stereocenters. The van der Waals surface area contributed by atoms with Gasteiger partial charge in [0.25, 0.3) is 5.69 Å². The zero-order valence-corrected chi connectivity index (χ0v) is 10.4. The van der Waals surface area contributed by atoms with E-state index < -0.39 is 4.92 Å². The number of pyridine rings is 1. The van der Waals surface area contributed by atoms with E-state index in [0.717, 1.165) is 30.9 Å². The average molecular weight is 238 g/mol. The van der Waals surface area contributed by atoms with Crippen molar-refractivity contribution in [2.75, 3.05) is 32.1 Å². The maximum absolute atomic E-state index is 10.6. The first-order valence-electron chi connectivity index (χ1n) is 5.53. The minimum atomic E-state index is -0.426. The van der Waals surface area contributed by atoms with Gasteiger partial charge in [-0.3, -0.25) is 10.1 Å². The summed E-state index contributed by atoms with van der Waals surface area (Å²) < 4.78 is 0. The Hall–Kier alpha value is -1.69. The van der Waals surface area contributed by atoms with Gasteiger partial charge < -0.3 is 10.2 Å². The standard InChI is InChI=1S/C11H18N4O2/c1-9-7-10(15(16)17)8-13-11(9)14(3)6-4-5-12-2/h7-8,12H,4-6H2,1-3H3. The lowest BCUT2D eigenvalue weighted by molar-refractivity contribution is -0.385. The first-order valence-corrected chi connectivity index (χ1v) is 5.53. The van der Waals surface area contributed by atoms with Crippen LogP contribution in [-0.2, 0) is 0 Å². The van der Waals surface area contributed by atoms with Gasteiger partial charge in [-0.15, -0.1) is 0 Å². The monoisotopic (exact) mass is 238 g/mol. The van der Waals surface area contributed by atoms with Crippen LogP contribution in [0.3, 0.4) is 0 Å². The molecule has 6 heteroatoms. The van der Waals surface area contributed by atoms with Crippen LogP contribution in [0.2, 0.25) is 0 Å². The lowest BCUT2D eigenvalue weighted by Gasteiger charge is -2.19. The Balaban J connectivity index is 2.74. The van der Waals surface area contributed by atoms with Gasteiger partial charge in [-0.05, 0) is 32.5 Å². The Labute approximate surface area is 101 Å². The Morgan fingerprint density at radius 1 is 1.59 bits per heavy atom. The summed E-state index contributed by atoms with van der Waals surface area (Å²) >= 11 is 0. The molecule has 1 rings (SSSR count). The molecule has 0 saturated carbocycles. The van der Waals surface area contributed by atoms with Crippen LogP contribution in [0.25, 0.3) is 0 Å². The summed E-state index contributed by atoms with van der Waals surface area (Å²) in [6, 6.07) is 1.55. The van der Waals surface area contributed by atoms with Gasteiger partial charge in [-0.25, -0.2) is 4.98 Å². The fraction of sp³-hybridized carbons (Fsp3) is 0.545. The van der Waals surface area contributed by atoms with Gasteiger partial charge in [-0.1, -0.05) is 0 Å². The van der Waals surface area contributed by atoms with Gasteiger partial charge in [0.1, 0.15) is 12.0 Å². The fourth-order valence-electron chi connectivity index (χ4n) is 1.65. The molecular weight excluding hydrogens is 220 g/mol. The first kappa shape index (κ1) is 13.4. The SMILES string of the molecule is CNCCCN(C)c1ncc([N+](=O)[O-])cc1C. The largest absolute Gasteiger partial charge is 0.359 e. The minimum absolute atomic E-state index is 0.0369. The van der Waals surface area contributed by atoms with Crippen LogP contribution < -0.4 is 10.2 Å². The first-order chi connectivity index (χ1) is 8.06. The molecule has 0 aromatic carbocycles. The highest BCUT2D eigenvalue weighted by molar-refractivity contribution is 5.49. The van der Waals surface area contributed by atoms with Crippen LogP contribution >= 0.6 is 0 Å². The molecule has 0 aliphatic rings. The topological polar surface area (TPSA) is 71.3 Å². The van der Waals surface area contributed by atoms with E-state index in [2.05, 4.69) is 10.3 Å². The summed E-state index contributed by atoms with van der Waals surface area (Å²) in [6.45, 7) is 3.65. The molecule has 0 bridgehead atoms. The van der Waals surface area contributed by atoms with Gasteiger partial charge in [0.2, 0.25) is 0 Å². The normalized spacial score (nSPS) is 10.3. The summed E-state index contributed by atoms with van der Waals surface area (Å²) in [7, 11) is 3.85. The van der Waals surface area contributed by atoms with Crippen molar-refractivity contribution in [3.63, 3.8) is 0 Å². The summed E-state index contributed by atoms with van der Waals surface area (Å²) in [6.07, 6.45) is 2.31. The molecule has 6 nitrogen and oxygen atoms in total. The molecule has 94 valence electrons. The van der Waals surface area contributed by atoms with Crippen LogP contribution in [0.5, 0.6) is 0 Å². The second-order valence-electron chi connectivity index (χ2n) is 3.97. The van der Waals surface area contributed by atoms with Crippen molar-refractivity contribution < 1.29 is 4.92 Å². The van der Waals surface area contributed by atoms with E-state index in [-0.39, 0.29) is 5.69 Å². The van der Waals surface area contributed by atoms with E-state index in [1.54, 1.807) is 6.07 Å². The van der Waals surface area contributed by atoms with Gasteiger partial charge in [0, 0.05) is 19.7 Å². The number of anilines is 1. The molecule has 0 radical (unpaired) electrons. The molecule has 1 heterocycles. The molecule has 0 saturated heterocycles. The van der Waals surface area contributed by atoms with E-state index in [9.17, 15) is 10.1 Å².